The number of hydrogen-bond acceptors (Lipinski definition) is 3. The van der Waals surface area contributed by atoms with Gasteiger partial charge in [-0.05, 0) is 13.2 Å². The van der Waals surface area contributed by atoms with Gasteiger partial charge in [0.1, 0.15) is 0 Å². The molecule has 0 bridgehead atoms. The fourth-order valence-electron chi connectivity index (χ4n) is 1.51. The maximum Gasteiger partial charge on any atom is 0.223 e. The highest BCUT2D eigenvalue weighted by molar-refractivity contribution is 7.98. The van der Waals surface area contributed by atoms with E-state index < -0.39 is 0 Å². The minimum Gasteiger partial charge on any atom is -0.340 e. The topological polar surface area (TPSA) is 32.3 Å². The lowest BCUT2D eigenvalue weighted by Gasteiger charge is -2.31. The number of rotatable bonds is 3. The van der Waals surface area contributed by atoms with E-state index in [1.807, 2.05) is 11.2 Å². The number of piperazine rings is 1. The predicted molar refractivity (Wildman–Crippen MR) is 57.0 cm³/mol. The summed E-state index contributed by atoms with van der Waals surface area (Å²) >= 11 is 1.73. The molecule has 0 saturated carbocycles. The van der Waals surface area contributed by atoms with E-state index in [4.69, 9.17) is 0 Å². The van der Waals surface area contributed by atoms with Crippen LogP contribution in [0.4, 0.5) is 0 Å². The molecule has 1 aliphatic rings. The Kier molecular flexibility index (Phi) is 4.59. The second-order valence-corrected chi connectivity index (χ2v) is 4.42. The third kappa shape index (κ3) is 3.56. The van der Waals surface area contributed by atoms with Crippen LogP contribution < -0.4 is 5.32 Å². The molecule has 76 valence electrons. The average molecular weight is 202 g/mol. The molecule has 0 aromatic heterocycles. The van der Waals surface area contributed by atoms with Crippen molar-refractivity contribution in [1.82, 2.24) is 10.2 Å². The van der Waals surface area contributed by atoms with E-state index >= 15 is 0 Å². The Morgan fingerprint density at radius 2 is 2.46 bits per heavy atom. The van der Waals surface area contributed by atoms with Crippen LogP contribution >= 0.6 is 11.8 Å². The first-order valence-electron chi connectivity index (χ1n) is 4.74. The number of carbonyl (C=O) groups is 1. The molecule has 1 fully saturated rings. The molecule has 1 heterocycles. The molecule has 0 aromatic carbocycles. The quantitative estimate of drug-likeness (QED) is 0.726. The molecular formula is C9H18N2OS. The molecule has 1 rings (SSSR count). The monoisotopic (exact) mass is 202 g/mol. The highest BCUT2D eigenvalue weighted by Crippen LogP contribution is 2.04. The van der Waals surface area contributed by atoms with E-state index in [1.54, 1.807) is 11.8 Å². The minimum atomic E-state index is 0.308. The van der Waals surface area contributed by atoms with Gasteiger partial charge in [0.2, 0.25) is 5.91 Å². The van der Waals surface area contributed by atoms with Gasteiger partial charge < -0.3 is 10.2 Å². The average Bonchev–Trinajstić information content (AvgIpc) is 2.14. The summed E-state index contributed by atoms with van der Waals surface area (Å²) in [6.07, 6.45) is 2.72. The Bertz CT molecular complexity index is 175. The van der Waals surface area contributed by atoms with E-state index in [0.717, 1.165) is 25.4 Å². The molecule has 0 aromatic rings. The fraction of sp³-hybridized carbons (Fsp3) is 0.889. The van der Waals surface area contributed by atoms with Crippen LogP contribution in [0, 0.1) is 0 Å². The Morgan fingerprint density at radius 3 is 3.08 bits per heavy atom. The van der Waals surface area contributed by atoms with Crippen molar-refractivity contribution in [2.24, 2.45) is 0 Å². The molecule has 1 atom stereocenters. The number of nitrogens with zero attached hydrogens (tertiary/aromatic N) is 1. The lowest BCUT2D eigenvalue weighted by Crippen LogP contribution is -2.51. The summed E-state index contributed by atoms with van der Waals surface area (Å²) in [7, 11) is 0. The standard InChI is InChI=1S/C9H18N2OS/c1-8-7-11(5-4-10-8)9(12)3-6-13-2/h8,10H,3-7H2,1-2H3. The van der Waals surface area contributed by atoms with Gasteiger partial charge in [0.15, 0.2) is 0 Å². The Balaban J connectivity index is 2.28. The van der Waals surface area contributed by atoms with Gasteiger partial charge in [0, 0.05) is 37.8 Å². The van der Waals surface area contributed by atoms with E-state index in [1.165, 1.54) is 0 Å². The van der Waals surface area contributed by atoms with Gasteiger partial charge in [0.25, 0.3) is 0 Å². The third-order valence-corrected chi connectivity index (χ3v) is 2.85. The van der Waals surface area contributed by atoms with Gasteiger partial charge in [-0.1, -0.05) is 0 Å². The summed E-state index contributed by atoms with van der Waals surface area (Å²) in [6, 6.07) is 0.451. The van der Waals surface area contributed by atoms with Crippen molar-refractivity contribution in [3.05, 3.63) is 0 Å². The number of nitrogens with one attached hydrogen (secondary N) is 1. The summed E-state index contributed by atoms with van der Waals surface area (Å²) in [6.45, 7) is 4.80. The number of carbonyl (C=O) groups excluding carboxylic acids is 1. The SMILES string of the molecule is CSCCC(=O)N1CCNC(C)C1. The van der Waals surface area contributed by atoms with Crippen LogP contribution in [0.15, 0.2) is 0 Å². The largest absolute Gasteiger partial charge is 0.340 e. The molecule has 4 heteroatoms. The maximum absolute atomic E-state index is 11.6. The molecule has 0 spiro atoms. The highest BCUT2D eigenvalue weighted by atomic mass is 32.2. The Labute approximate surface area is 84.2 Å². The minimum absolute atomic E-state index is 0.308. The maximum atomic E-state index is 11.6. The van der Waals surface area contributed by atoms with Crippen LogP contribution in [0.2, 0.25) is 0 Å². The molecule has 0 radical (unpaired) electrons. The van der Waals surface area contributed by atoms with Gasteiger partial charge in [-0.25, -0.2) is 0 Å². The first-order chi connectivity index (χ1) is 6.24. The molecular weight excluding hydrogens is 184 g/mol. The first kappa shape index (κ1) is 10.9. The summed E-state index contributed by atoms with van der Waals surface area (Å²) in [5.74, 6) is 1.25. The normalized spacial score (nSPS) is 23.2. The molecule has 3 nitrogen and oxygen atoms in total. The molecule has 13 heavy (non-hydrogen) atoms. The summed E-state index contributed by atoms with van der Waals surface area (Å²) in [5.41, 5.74) is 0. The van der Waals surface area contributed by atoms with Crippen LogP contribution in [-0.2, 0) is 4.79 Å². The van der Waals surface area contributed by atoms with Crippen LogP contribution in [0.5, 0.6) is 0 Å². The zero-order valence-corrected chi connectivity index (χ0v) is 9.19. The number of thioether (sulfide) groups is 1. The van der Waals surface area contributed by atoms with Crippen molar-refractivity contribution in [2.75, 3.05) is 31.6 Å². The van der Waals surface area contributed by atoms with Gasteiger partial charge >= 0.3 is 0 Å². The zero-order valence-electron chi connectivity index (χ0n) is 8.38. The lowest BCUT2D eigenvalue weighted by molar-refractivity contribution is -0.131. The second kappa shape index (κ2) is 5.50. The third-order valence-electron chi connectivity index (χ3n) is 2.24. The van der Waals surface area contributed by atoms with Gasteiger partial charge in [0.05, 0.1) is 0 Å². The summed E-state index contributed by atoms with van der Waals surface area (Å²) < 4.78 is 0. The van der Waals surface area contributed by atoms with Gasteiger partial charge in [-0.2, -0.15) is 11.8 Å². The van der Waals surface area contributed by atoms with Gasteiger partial charge in [-0.3, -0.25) is 4.79 Å². The predicted octanol–water partition coefficient (Wildman–Crippen LogP) is 0.560. The van der Waals surface area contributed by atoms with Crippen LogP contribution in [0.3, 0.4) is 0 Å². The zero-order chi connectivity index (χ0) is 9.68. The molecule has 0 aliphatic carbocycles. The molecule has 1 amide bonds. The molecule has 1 N–H and O–H groups in total. The summed E-state index contributed by atoms with van der Waals surface area (Å²) in [5, 5.41) is 3.32. The van der Waals surface area contributed by atoms with Crippen LogP contribution in [0.1, 0.15) is 13.3 Å². The van der Waals surface area contributed by atoms with Crippen molar-refractivity contribution in [3.63, 3.8) is 0 Å². The van der Waals surface area contributed by atoms with Crippen molar-refractivity contribution in [2.45, 2.75) is 19.4 Å². The van der Waals surface area contributed by atoms with Crippen molar-refractivity contribution in [3.8, 4) is 0 Å². The Morgan fingerprint density at radius 1 is 1.69 bits per heavy atom. The first-order valence-corrected chi connectivity index (χ1v) is 6.13. The van der Waals surface area contributed by atoms with E-state index in [9.17, 15) is 4.79 Å². The highest BCUT2D eigenvalue weighted by Gasteiger charge is 2.19. The number of amides is 1. The molecule has 1 saturated heterocycles. The van der Waals surface area contributed by atoms with Crippen LogP contribution in [-0.4, -0.2) is 48.5 Å². The van der Waals surface area contributed by atoms with E-state index in [0.29, 0.717) is 18.4 Å². The number of hydrogen-bond donors (Lipinski definition) is 1. The van der Waals surface area contributed by atoms with Gasteiger partial charge in [-0.15, -0.1) is 0 Å². The smallest absolute Gasteiger partial charge is 0.223 e. The van der Waals surface area contributed by atoms with E-state index in [2.05, 4.69) is 12.2 Å². The van der Waals surface area contributed by atoms with E-state index in [-0.39, 0.29) is 0 Å². The summed E-state index contributed by atoms with van der Waals surface area (Å²) in [4.78, 5) is 13.6. The molecule has 1 aliphatic heterocycles. The van der Waals surface area contributed by atoms with Crippen molar-refractivity contribution < 1.29 is 4.79 Å². The van der Waals surface area contributed by atoms with Crippen molar-refractivity contribution in [1.29, 1.82) is 0 Å². The van der Waals surface area contributed by atoms with Crippen LogP contribution in [0.25, 0.3) is 0 Å². The van der Waals surface area contributed by atoms with Crippen molar-refractivity contribution >= 4 is 17.7 Å². The fourth-order valence-corrected chi connectivity index (χ4v) is 1.89. The second-order valence-electron chi connectivity index (χ2n) is 3.44. The Hall–Kier alpha value is -0.220. The molecule has 1 unspecified atom stereocenters. The lowest BCUT2D eigenvalue weighted by atomic mass is 10.2.